The van der Waals surface area contributed by atoms with Gasteiger partial charge in [0.1, 0.15) is 0 Å². The molecule has 1 unspecified atom stereocenters. The minimum Gasteiger partial charge on any atom is -0.310 e. The maximum Gasteiger partial charge on any atom is 0.389 e. The van der Waals surface area contributed by atoms with Crippen molar-refractivity contribution in [2.45, 2.75) is 38.4 Å². The molecule has 0 bridgehead atoms. The number of alkyl halides is 3. The van der Waals surface area contributed by atoms with Gasteiger partial charge in [0.2, 0.25) is 0 Å². The Kier molecular flexibility index (Phi) is 7.10. The molecular weight excluding hydrogens is 434 g/mol. The van der Waals surface area contributed by atoms with Crippen molar-refractivity contribution in [2.24, 2.45) is 0 Å². The molecule has 1 atom stereocenters. The largest absolute Gasteiger partial charge is 0.389 e. The van der Waals surface area contributed by atoms with Gasteiger partial charge in [-0.2, -0.15) is 13.2 Å². The van der Waals surface area contributed by atoms with Gasteiger partial charge in [-0.05, 0) is 65.7 Å². The number of hydrogen-bond acceptors (Lipinski definition) is 1. The van der Waals surface area contributed by atoms with Gasteiger partial charge >= 0.3 is 6.18 Å². The van der Waals surface area contributed by atoms with Crippen LogP contribution in [0.4, 0.5) is 13.2 Å². The van der Waals surface area contributed by atoms with E-state index in [1.807, 2.05) is 25.1 Å². The van der Waals surface area contributed by atoms with Gasteiger partial charge in [0.15, 0.2) is 0 Å². The highest BCUT2D eigenvalue weighted by Crippen LogP contribution is 2.32. The molecule has 0 aliphatic carbocycles. The van der Waals surface area contributed by atoms with Crippen molar-refractivity contribution in [3.05, 3.63) is 31.8 Å². The molecule has 0 amide bonds. The van der Waals surface area contributed by atoms with Crippen LogP contribution in [0.25, 0.3) is 0 Å². The minimum atomic E-state index is -4.11. The standard InChI is InChI=1S/C13H16BrF3IN/c1-2-7-19-12(5-6-13(15,16)17)10-8-9(18)3-4-11(10)14/h3-4,8,12,19H,2,5-7H2,1H3. The van der Waals surface area contributed by atoms with E-state index in [9.17, 15) is 13.2 Å². The van der Waals surface area contributed by atoms with Gasteiger partial charge < -0.3 is 5.32 Å². The molecule has 1 aromatic rings. The Morgan fingerprint density at radius 3 is 2.63 bits per heavy atom. The third-order valence-electron chi connectivity index (χ3n) is 2.69. The van der Waals surface area contributed by atoms with Crippen LogP contribution in [0.5, 0.6) is 0 Å². The van der Waals surface area contributed by atoms with Crippen LogP contribution in [-0.4, -0.2) is 12.7 Å². The predicted octanol–water partition coefficient (Wildman–Crippen LogP) is 5.44. The Labute approximate surface area is 133 Å². The fourth-order valence-corrected chi connectivity index (χ4v) is 2.81. The average molecular weight is 450 g/mol. The lowest BCUT2D eigenvalue weighted by molar-refractivity contribution is -0.136. The lowest BCUT2D eigenvalue weighted by atomic mass is 10.0. The molecule has 0 spiro atoms. The summed E-state index contributed by atoms with van der Waals surface area (Å²) in [5.41, 5.74) is 0.893. The Hall–Kier alpha value is 0.180. The van der Waals surface area contributed by atoms with E-state index in [0.29, 0.717) is 6.54 Å². The van der Waals surface area contributed by atoms with E-state index in [1.165, 1.54) is 0 Å². The van der Waals surface area contributed by atoms with Crippen LogP contribution >= 0.6 is 38.5 Å². The van der Waals surface area contributed by atoms with Crippen molar-refractivity contribution in [3.63, 3.8) is 0 Å². The van der Waals surface area contributed by atoms with Crippen molar-refractivity contribution in [3.8, 4) is 0 Å². The fourth-order valence-electron chi connectivity index (χ4n) is 1.78. The van der Waals surface area contributed by atoms with E-state index >= 15 is 0 Å². The molecule has 1 rings (SSSR count). The molecule has 0 aromatic heterocycles. The SMILES string of the molecule is CCCNC(CCC(F)(F)F)c1cc(I)ccc1Br. The summed E-state index contributed by atoms with van der Waals surface area (Å²) < 4.78 is 39.0. The summed E-state index contributed by atoms with van der Waals surface area (Å²) >= 11 is 5.59. The zero-order valence-electron chi connectivity index (χ0n) is 10.5. The molecule has 1 N–H and O–H groups in total. The van der Waals surface area contributed by atoms with Crippen LogP contribution in [0.3, 0.4) is 0 Å². The molecule has 0 saturated carbocycles. The lowest BCUT2D eigenvalue weighted by Gasteiger charge is -2.21. The highest BCUT2D eigenvalue weighted by Gasteiger charge is 2.29. The highest BCUT2D eigenvalue weighted by atomic mass is 127. The summed E-state index contributed by atoms with van der Waals surface area (Å²) in [7, 11) is 0. The molecule has 0 radical (unpaired) electrons. The van der Waals surface area contributed by atoms with E-state index < -0.39 is 12.6 Å². The molecule has 0 aliphatic heterocycles. The van der Waals surface area contributed by atoms with Crippen LogP contribution in [0.2, 0.25) is 0 Å². The molecule has 108 valence electrons. The van der Waals surface area contributed by atoms with Crippen molar-refractivity contribution < 1.29 is 13.2 Å². The topological polar surface area (TPSA) is 12.0 Å². The zero-order chi connectivity index (χ0) is 14.5. The number of nitrogens with one attached hydrogen (secondary N) is 1. The summed E-state index contributed by atoms with van der Waals surface area (Å²) in [6, 6.07) is 5.46. The molecule has 19 heavy (non-hydrogen) atoms. The van der Waals surface area contributed by atoms with Crippen molar-refractivity contribution in [1.82, 2.24) is 5.32 Å². The maximum atomic E-state index is 12.4. The number of hydrogen-bond donors (Lipinski definition) is 1. The normalized spacial score (nSPS) is 13.6. The van der Waals surface area contributed by atoms with Gasteiger partial charge in [-0.15, -0.1) is 0 Å². The minimum absolute atomic E-state index is 0.0577. The molecule has 0 aliphatic rings. The summed E-state index contributed by atoms with van der Waals surface area (Å²) in [5, 5.41) is 3.19. The molecule has 6 heteroatoms. The van der Waals surface area contributed by atoms with E-state index in [-0.39, 0.29) is 12.5 Å². The van der Waals surface area contributed by atoms with Crippen LogP contribution in [0.15, 0.2) is 22.7 Å². The van der Waals surface area contributed by atoms with E-state index in [0.717, 1.165) is 20.0 Å². The average Bonchev–Trinajstić information content (AvgIpc) is 2.32. The molecule has 0 heterocycles. The summed E-state index contributed by atoms with van der Waals surface area (Å²) in [6.07, 6.45) is -3.93. The monoisotopic (exact) mass is 449 g/mol. The van der Waals surface area contributed by atoms with Crippen molar-refractivity contribution >= 4 is 38.5 Å². The number of halogens is 5. The number of rotatable bonds is 6. The van der Waals surface area contributed by atoms with E-state index in [1.54, 1.807) is 0 Å². The summed E-state index contributed by atoms with van der Waals surface area (Å²) in [6.45, 7) is 2.71. The quantitative estimate of drug-likeness (QED) is 0.570. The van der Waals surface area contributed by atoms with Crippen molar-refractivity contribution in [1.29, 1.82) is 0 Å². The van der Waals surface area contributed by atoms with Crippen LogP contribution in [-0.2, 0) is 0 Å². The Bertz CT molecular complexity index is 409. The summed E-state index contributed by atoms with van der Waals surface area (Å²) in [4.78, 5) is 0. The third kappa shape index (κ3) is 6.44. The van der Waals surface area contributed by atoms with Crippen LogP contribution < -0.4 is 5.32 Å². The van der Waals surface area contributed by atoms with Crippen molar-refractivity contribution in [2.75, 3.05) is 6.54 Å². The first-order valence-corrected chi connectivity index (χ1v) is 7.95. The van der Waals surface area contributed by atoms with Gasteiger partial charge in [-0.3, -0.25) is 0 Å². The Balaban J connectivity index is 2.85. The van der Waals surface area contributed by atoms with Gasteiger partial charge in [0.25, 0.3) is 0 Å². The fraction of sp³-hybridized carbons (Fsp3) is 0.538. The smallest absolute Gasteiger partial charge is 0.310 e. The van der Waals surface area contributed by atoms with Gasteiger partial charge in [0.05, 0.1) is 0 Å². The van der Waals surface area contributed by atoms with Crippen LogP contribution in [0.1, 0.15) is 37.8 Å². The second-order valence-electron chi connectivity index (χ2n) is 4.33. The van der Waals surface area contributed by atoms with Gasteiger partial charge in [-0.1, -0.05) is 22.9 Å². The highest BCUT2D eigenvalue weighted by molar-refractivity contribution is 14.1. The first-order valence-electron chi connectivity index (χ1n) is 6.08. The van der Waals surface area contributed by atoms with E-state index in [4.69, 9.17) is 0 Å². The van der Waals surface area contributed by atoms with Crippen LogP contribution in [0, 0.1) is 3.57 Å². The maximum absolute atomic E-state index is 12.4. The van der Waals surface area contributed by atoms with Gasteiger partial charge in [-0.25, -0.2) is 0 Å². The lowest BCUT2D eigenvalue weighted by Crippen LogP contribution is -2.24. The molecule has 1 nitrogen and oxygen atoms in total. The second kappa shape index (κ2) is 7.83. The Morgan fingerprint density at radius 1 is 1.37 bits per heavy atom. The summed E-state index contributed by atoms with van der Waals surface area (Å²) in [5.74, 6) is 0. The zero-order valence-corrected chi connectivity index (χ0v) is 14.3. The first-order chi connectivity index (χ1) is 8.83. The molecule has 0 saturated heterocycles. The second-order valence-corrected chi connectivity index (χ2v) is 6.43. The Morgan fingerprint density at radius 2 is 2.05 bits per heavy atom. The van der Waals surface area contributed by atoms with Gasteiger partial charge in [0, 0.05) is 20.5 Å². The third-order valence-corrected chi connectivity index (χ3v) is 4.08. The molecule has 0 fully saturated rings. The first kappa shape index (κ1) is 17.2. The number of benzene rings is 1. The molecule has 1 aromatic carbocycles. The predicted molar refractivity (Wildman–Crippen MR) is 83.2 cm³/mol. The molecular formula is C13H16BrF3IN. The van der Waals surface area contributed by atoms with E-state index in [2.05, 4.69) is 43.8 Å².